The molecule has 1 N–H and O–H groups in total. The van der Waals surface area contributed by atoms with Gasteiger partial charge in [0.2, 0.25) is 0 Å². The molecular formula is C9H9ClFNO. The molecular weight excluding hydrogens is 193 g/mol. The molecule has 0 amide bonds. The summed E-state index contributed by atoms with van der Waals surface area (Å²) in [6.45, 7) is 0.0473. The molecule has 0 spiro atoms. The average Bonchev–Trinajstić information content (AvgIpc) is 2.09. The number of nitrogens with zero attached hydrogens (tertiary/aromatic N) is 1. The predicted octanol–water partition coefficient (Wildman–Crippen LogP) is 2.27. The van der Waals surface area contributed by atoms with Gasteiger partial charge in [0.05, 0.1) is 10.7 Å². The third-order valence-electron chi connectivity index (χ3n) is 1.41. The topological polar surface area (TPSA) is 33.1 Å². The van der Waals surface area contributed by atoms with Gasteiger partial charge in [0.25, 0.3) is 0 Å². The molecule has 70 valence electrons. The zero-order valence-electron chi connectivity index (χ0n) is 6.87. The van der Waals surface area contributed by atoms with Crippen LogP contribution in [0.4, 0.5) is 4.39 Å². The molecule has 1 rings (SSSR count). The van der Waals surface area contributed by atoms with E-state index in [0.29, 0.717) is 6.42 Å². The monoisotopic (exact) mass is 201 g/mol. The Labute approximate surface area is 80.7 Å². The first-order chi connectivity index (χ1) is 6.24. The molecule has 0 aliphatic rings. The normalized spacial score (nSPS) is 11.0. The summed E-state index contributed by atoms with van der Waals surface area (Å²) in [6.07, 6.45) is 5.04. The first-order valence-electron chi connectivity index (χ1n) is 3.82. The summed E-state index contributed by atoms with van der Waals surface area (Å²) in [4.78, 5) is 3.77. The van der Waals surface area contributed by atoms with Gasteiger partial charge in [-0.15, -0.1) is 0 Å². The SMILES string of the molecule is OCCC=Cc1ncc(Cl)cc1F. The first-order valence-corrected chi connectivity index (χ1v) is 4.20. The van der Waals surface area contributed by atoms with Crippen molar-refractivity contribution in [2.75, 3.05) is 6.61 Å². The highest BCUT2D eigenvalue weighted by atomic mass is 35.5. The summed E-state index contributed by atoms with van der Waals surface area (Å²) in [7, 11) is 0. The van der Waals surface area contributed by atoms with Crippen molar-refractivity contribution in [3.63, 3.8) is 0 Å². The van der Waals surface area contributed by atoms with Crippen molar-refractivity contribution in [3.05, 3.63) is 34.9 Å². The summed E-state index contributed by atoms with van der Waals surface area (Å²) in [5.41, 5.74) is 0.234. The maximum Gasteiger partial charge on any atom is 0.150 e. The summed E-state index contributed by atoms with van der Waals surface area (Å²) < 4.78 is 13.0. The zero-order valence-corrected chi connectivity index (χ0v) is 7.63. The average molecular weight is 202 g/mol. The minimum atomic E-state index is -0.457. The molecule has 0 aromatic carbocycles. The Hall–Kier alpha value is -0.930. The molecule has 0 saturated heterocycles. The fourth-order valence-electron chi connectivity index (χ4n) is 0.817. The Morgan fingerprint density at radius 1 is 1.62 bits per heavy atom. The Bertz CT molecular complexity index is 314. The fourth-order valence-corrected chi connectivity index (χ4v) is 0.962. The van der Waals surface area contributed by atoms with Gasteiger partial charge in [-0.25, -0.2) is 4.39 Å². The summed E-state index contributed by atoms with van der Waals surface area (Å²) in [5.74, 6) is -0.457. The van der Waals surface area contributed by atoms with Crippen molar-refractivity contribution in [1.82, 2.24) is 4.98 Å². The molecule has 0 aliphatic heterocycles. The molecule has 0 saturated carbocycles. The number of aliphatic hydroxyl groups is 1. The third-order valence-corrected chi connectivity index (χ3v) is 1.61. The lowest BCUT2D eigenvalue weighted by Gasteiger charge is -1.95. The number of hydrogen-bond donors (Lipinski definition) is 1. The molecule has 0 unspecified atom stereocenters. The highest BCUT2D eigenvalue weighted by molar-refractivity contribution is 6.30. The van der Waals surface area contributed by atoms with Gasteiger partial charge in [-0.3, -0.25) is 4.98 Å². The van der Waals surface area contributed by atoms with Crippen LogP contribution in [0.25, 0.3) is 6.08 Å². The summed E-state index contributed by atoms with van der Waals surface area (Å²) in [5, 5.41) is 8.75. The van der Waals surface area contributed by atoms with E-state index in [9.17, 15) is 4.39 Å². The lowest BCUT2D eigenvalue weighted by Crippen LogP contribution is -1.87. The van der Waals surface area contributed by atoms with E-state index in [1.54, 1.807) is 6.08 Å². The van der Waals surface area contributed by atoms with Crippen LogP contribution in [0.5, 0.6) is 0 Å². The molecule has 0 atom stereocenters. The minimum Gasteiger partial charge on any atom is -0.396 e. The van der Waals surface area contributed by atoms with Crippen LogP contribution >= 0.6 is 11.6 Å². The third kappa shape index (κ3) is 3.13. The highest BCUT2D eigenvalue weighted by Gasteiger charge is 1.99. The van der Waals surface area contributed by atoms with Gasteiger partial charge in [-0.1, -0.05) is 17.7 Å². The second-order valence-electron chi connectivity index (χ2n) is 2.44. The lowest BCUT2D eigenvalue weighted by atomic mass is 10.3. The van der Waals surface area contributed by atoms with Crippen LogP contribution in [0.1, 0.15) is 12.1 Å². The maximum absolute atomic E-state index is 13.0. The quantitative estimate of drug-likeness (QED) is 0.814. The van der Waals surface area contributed by atoms with Crippen LogP contribution in [0.3, 0.4) is 0 Å². The van der Waals surface area contributed by atoms with E-state index >= 15 is 0 Å². The smallest absolute Gasteiger partial charge is 0.150 e. The van der Waals surface area contributed by atoms with E-state index in [-0.39, 0.29) is 17.3 Å². The number of rotatable bonds is 3. The fraction of sp³-hybridized carbons (Fsp3) is 0.222. The van der Waals surface area contributed by atoms with Gasteiger partial charge in [-0.05, 0) is 18.6 Å². The molecule has 1 aromatic heterocycles. The van der Waals surface area contributed by atoms with Crippen molar-refractivity contribution in [3.8, 4) is 0 Å². The van der Waals surface area contributed by atoms with Gasteiger partial charge in [-0.2, -0.15) is 0 Å². The van der Waals surface area contributed by atoms with Crippen LogP contribution < -0.4 is 0 Å². The van der Waals surface area contributed by atoms with Gasteiger partial charge in [0, 0.05) is 12.8 Å². The largest absolute Gasteiger partial charge is 0.396 e. The molecule has 0 aliphatic carbocycles. The molecule has 1 aromatic rings. The van der Waals surface area contributed by atoms with E-state index in [1.807, 2.05) is 0 Å². The molecule has 2 nitrogen and oxygen atoms in total. The molecule has 0 radical (unpaired) electrons. The Morgan fingerprint density at radius 2 is 2.38 bits per heavy atom. The van der Waals surface area contributed by atoms with Crippen LogP contribution in [0.2, 0.25) is 5.02 Å². The van der Waals surface area contributed by atoms with Gasteiger partial charge >= 0.3 is 0 Å². The number of aromatic nitrogens is 1. The van der Waals surface area contributed by atoms with Gasteiger partial charge in [0.15, 0.2) is 0 Å². The van der Waals surface area contributed by atoms with Gasteiger partial charge < -0.3 is 5.11 Å². The van der Waals surface area contributed by atoms with Crippen LogP contribution in [-0.4, -0.2) is 16.7 Å². The molecule has 4 heteroatoms. The van der Waals surface area contributed by atoms with Crippen LogP contribution in [0, 0.1) is 5.82 Å². The van der Waals surface area contributed by atoms with E-state index < -0.39 is 5.82 Å². The first kappa shape index (κ1) is 10.2. The van der Waals surface area contributed by atoms with E-state index in [4.69, 9.17) is 16.7 Å². The van der Waals surface area contributed by atoms with Crippen molar-refractivity contribution in [2.45, 2.75) is 6.42 Å². The Morgan fingerprint density at radius 3 is 3.00 bits per heavy atom. The summed E-state index contributed by atoms with van der Waals surface area (Å²) in [6, 6.07) is 1.20. The van der Waals surface area contributed by atoms with Gasteiger partial charge in [0.1, 0.15) is 5.82 Å². The van der Waals surface area contributed by atoms with Crippen molar-refractivity contribution < 1.29 is 9.50 Å². The summed E-state index contributed by atoms with van der Waals surface area (Å²) >= 11 is 5.51. The van der Waals surface area contributed by atoms with Crippen LogP contribution in [-0.2, 0) is 0 Å². The number of pyridine rings is 1. The molecule has 1 heterocycles. The van der Waals surface area contributed by atoms with E-state index in [2.05, 4.69) is 4.98 Å². The maximum atomic E-state index is 13.0. The second kappa shape index (κ2) is 4.94. The predicted molar refractivity (Wildman–Crippen MR) is 49.9 cm³/mol. The van der Waals surface area contributed by atoms with E-state index in [1.165, 1.54) is 18.3 Å². The lowest BCUT2D eigenvalue weighted by molar-refractivity contribution is 0.303. The van der Waals surface area contributed by atoms with Crippen molar-refractivity contribution >= 4 is 17.7 Å². The molecule has 13 heavy (non-hydrogen) atoms. The standard InChI is InChI=1S/C9H9ClFNO/c10-7-5-8(11)9(12-6-7)3-1-2-4-13/h1,3,5-6,13H,2,4H2. The minimum absolute atomic E-state index is 0.0473. The van der Waals surface area contributed by atoms with E-state index in [0.717, 1.165) is 0 Å². The molecule has 0 fully saturated rings. The van der Waals surface area contributed by atoms with Crippen molar-refractivity contribution in [2.24, 2.45) is 0 Å². The Kier molecular flexibility index (Phi) is 3.86. The zero-order chi connectivity index (χ0) is 9.68. The number of halogens is 2. The van der Waals surface area contributed by atoms with Crippen LogP contribution in [0.15, 0.2) is 18.3 Å². The molecule has 0 bridgehead atoms. The number of hydrogen-bond acceptors (Lipinski definition) is 2. The highest BCUT2D eigenvalue weighted by Crippen LogP contribution is 2.12. The Balaban J connectivity index is 2.77. The second-order valence-corrected chi connectivity index (χ2v) is 2.87. The van der Waals surface area contributed by atoms with Crippen molar-refractivity contribution in [1.29, 1.82) is 0 Å². The number of aliphatic hydroxyl groups excluding tert-OH is 1.